The number of thiophene rings is 3. The van der Waals surface area contributed by atoms with Gasteiger partial charge in [-0.1, -0.05) is 34.0 Å². The highest BCUT2D eigenvalue weighted by atomic mass is 32.1. The van der Waals surface area contributed by atoms with E-state index in [1.54, 1.807) is 36.4 Å². The average molecular weight is 375 g/mol. The summed E-state index contributed by atoms with van der Waals surface area (Å²) in [5.41, 5.74) is 0. The smallest absolute Gasteiger partial charge is 0.174 e. The Kier molecular flexibility index (Phi) is 3.68. The summed E-state index contributed by atoms with van der Waals surface area (Å²) in [6.45, 7) is 0. The van der Waals surface area contributed by atoms with Crippen LogP contribution < -0.4 is 0 Å². The molecule has 4 rings (SSSR count). The van der Waals surface area contributed by atoms with Crippen LogP contribution in [0.1, 0.15) is 0 Å². The van der Waals surface area contributed by atoms with Crippen molar-refractivity contribution in [2.75, 3.05) is 0 Å². The third kappa shape index (κ3) is 2.84. The van der Waals surface area contributed by atoms with Gasteiger partial charge in [0.25, 0.3) is 0 Å². The summed E-state index contributed by atoms with van der Waals surface area (Å²) in [4.78, 5) is 15.5. The Labute approximate surface area is 148 Å². The molecule has 0 aliphatic carbocycles. The first-order valence-corrected chi connectivity index (χ1v) is 9.17. The van der Waals surface area contributed by atoms with E-state index in [4.69, 9.17) is 0 Å². The van der Waals surface area contributed by atoms with E-state index >= 15 is 0 Å². The zero-order chi connectivity index (χ0) is 16.7. The number of rotatable bonds is 3. The van der Waals surface area contributed by atoms with Crippen molar-refractivity contribution >= 4 is 34.0 Å². The SMILES string of the molecule is Oc1ccc(-c2nc(-c3ccc(O)s3)nc(-c3ccc(O)s3)n2)s1. The molecule has 0 saturated heterocycles. The third-order valence-corrected chi connectivity index (χ3v) is 5.72. The molecule has 9 heteroatoms. The fourth-order valence-electron chi connectivity index (χ4n) is 2.05. The van der Waals surface area contributed by atoms with Gasteiger partial charge in [0, 0.05) is 0 Å². The molecule has 3 N–H and O–H groups in total. The van der Waals surface area contributed by atoms with Crippen molar-refractivity contribution in [3.63, 3.8) is 0 Å². The minimum Gasteiger partial charge on any atom is -0.499 e. The Hall–Kier alpha value is -2.49. The molecule has 0 atom stereocenters. The molecule has 24 heavy (non-hydrogen) atoms. The highest BCUT2D eigenvalue weighted by Gasteiger charge is 2.16. The van der Waals surface area contributed by atoms with E-state index in [0.29, 0.717) is 32.1 Å². The lowest BCUT2D eigenvalue weighted by atomic mass is 10.3. The van der Waals surface area contributed by atoms with E-state index < -0.39 is 0 Å². The molecule has 0 aromatic carbocycles. The lowest BCUT2D eigenvalue weighted by Crippen LogP contribution is -1.97. The van der Waals surface area contributed by atoms with E-state index in [1.165, 1.54) is 34.0 Å². The van der Waals surface area contributed by atoms with Crippen molar-refractivity contribution in [1.29, 1.82) is 0 Å². The lowest BCUT2D eigenvalue weighted by Gasteiger charge is -2.03. The number of hydrogen-bond acceptors (Lipinski definition) is 9. The summed E-state index contributed by atoms with van der Waals surface area (Å²) >= 11 is 3.51. The van der Waals surface area contributed by atoms with Crippen LogP contribution in [0.4, 0.5) is 0 Å². The second-order valence-electron chi connectivity index (χ2n) is 4.72. The second kappa shape index (κ2) is 5.86. The van der Waals surface area contributed by atoms with Crippen LogP contribution in [0.2, 0.25) is 0 Å². The van der Waals surface area contributed by atoms with Gasteiger partial charge in [-0.05, 0) is 36.4 Å². The van der Waals surface area contributed by atoms with Crippen LogP contribution in [0.25, 0.3) is 32.1 Å². The fraction of sp³-hybridized carbons (Fsp3) is 0. The molecule has 0 amide bonds. The topological polar surface area (TPSA) is 99.4 Å². The van der Waals surface area contributed by atoms with Crippen molar-refractivity contribution in [1.82, 2.24) is 15.0 Å². The largest absolute Gasteiger partial charge is 0.499 e. The lowest BCUT2D eigenvalue weighted by molar-refractivity contribution is 0.490. The number of aromatic hydroxyl groups is 3. The Bertz CT molecular complexity index is 880. The molecular weight excluding hydrogens is 366 g/mol. The van der Waals surface area contributed by atoms with Crippen LogP contribution in [-0.4, -0.2) is 30.3 Å². The minimum absolute atomic E-state index is 0.177. The molecule has 0 bridgehead atoms. The molecule has 0 fully saturated rings. The Morgan fingerprint density at radius 2 is 0.792 bits per heavy atom. The van der Waals surface area contributed by atoms with E-state index in [1.807, 2.05) is 0 Å². The van der Waals surface area contributed by atoms with Gasteiger partial charge in [-0.15, -0.1) is 0 Å². The highest BCUT2D eigenvalue weighted by molar-refractivity contribution is 7.17. The molecular formula is C15H9N3O3S3. The number of hydrogen-bond donors (Lipinski definition) is 3. The fourth-order valence-corrected chi connectivity index (χ4v) is 4.09. The third-order valence-electron chi connectivity index (χ3n) is 3.07. The predicted molar refractivity (Wildman–Crippen MR) is 94.8 cm³/mol. The van der Waals surface area contributed by atoms with Crippen molar-refractivity contribution < 1.29 is 15.3 Å². The standard InChI is InChI=1S/C15H9N3O3S3/c19-10-4-1-7(22-10)13-16-14(8-2-5-11(20)23-8)18-15(17-13)9-3-6-12(21)24-9/h1-6,19-21H. The summed E-state index contributed by atoms with van der Waals surface area (Å²) in [5, 5.41) is 29.3. The van der Waals surface area contributed by atoms with Gasteiger partial charge in [0.05, 0.1) is 14.6 Å². The average Bonchev–Trinajstić information content (AvgIpc) is 3.28. The Morgan fingerprint density at radius 1 is 0.500 bits per heavy atom. The molecule has 4 aromatic rings. The molecule has 0 aliphatic rings. The number of aromatic nitrogens is 3. The van der Waals surface area contributed by atoms with E-state index in [9.17, 15) is 15.3 Å². The quantitative estimate of drug-likeness (QED) is 0.497. The Morgan fingerprint density at radius 3 is 1.00 bits per heavy atom. The van der Waals surface area contributed by atoms with Gasteiger partial charge < -0.3 is 15.3 Å². The summed E-state index contributed by atoms with van der Waals surface area (Å²) in [6, 6.07) is 9.95. The van der Waals surface area contributed by atoms with Gasteiger partial charge in [0.2, 0.25) is 0 Å². The maximum atomic E-state index is 9.58. The van der Waals surface area contributed by atoms with Crippen LogP contribution in [0.15, 0.2) is 36.4 Å². The monoisotopic (exact) mass is 375 g/mol. The molecule has 0 saturated carbocycles. The van der Waals surface area contributed by atoms with Crippen molar-refractivity contribution in [3.05, 3.63) is 36.4 Å². The summed E-state index contributed by atoms with van der Waals surface area (Å²) in [5.74, 6) is 1.29. The molecule has 120 valence electrons. The first-order valence-electron chi connectivity index (χ1n) is 6.72. The normalized spacial score (nSPS) is 11.0. The minimum atomic E-state index is 0.177. The molecule has 4 heterocycles. The van der Waals surface area contributed by atoms with Gasteiger partial charge in [-0.25, -0.2) is 15.0 Å². The molecule has 0 unspecified atom stereocenters. The van der Waals surface area contributed by atoms with Crippen molar-refractivity contribution in [2.45, 2.75) is 0 Å². The number of nitrogens with zero attached hydrogens (tertiary/aromatic N) is 3. The summed E-state index contributed by atoms with van der Waals surface area (Å²) < 4.78 is 0. The van der Waals surface area contributed by atoms with Gasteiger partial charge in [0.1, 0.15) is 0 Å². The summed E-state index contributed by atoms with van der Waals surface area (Å²) in [7, 11) is 0. The molecule has 6 nitrogen and oxygen atoms in total. The van der Waals surface area contributed by atoms with Crippen LogP contribution in [0.5, 0.6) is 15.2 Å². The highest BCUT2D eigenvalue weighted by Crippen LogP contribution is 2.36. The zero-order valence-electron chi connectivity index (χ0n) is 11.9. The van der Waals surface area contributed by atoms with Gasteiger partial charge in [0.15, 0.2) is 32.7 Å². The maximum Gasteiger partial charge on any atom is 0.174 e. The van der Waals surface area contributed by atoms with E-state index in [-0.39, 0.29) is 15.2 Å². The van der Waals surface area contributed by atoms with Crippen molar-refractivity contribution in [3.8, 4) is 47.3 Å². The van der Waals surface area contributed by atoms with Gasteiger partial charge in [-0.2, -0.15) is 0 Å². The van der Waals surface area contributed by atoms with Gasteiger partial charge in [-0.3, -0.25) is 0 Å². The second-order valence-corrected chi connectivity index (χ2v) is 7.91. The molecule has 0 radical (unpaired) electrons. The van der Waals surface area contributed by atoms with E-state index in [2.05, 4.69) is 15.0 Å². The first kappa shape index (κ1) is 15.1. The Balaban J connectivity index is 1.90. The van der Waals surface area contributed by atoms with Gasteiger partial charge >= 0.3 is 0 Å². The zero-order valence-corrected chi connectivity index (χ0v) is 14.3. The maximum absolute atomic E-state index is 9.58. The molecule has 4 aromatic heterocycles. The molecule has 0 spiro atoms. The molecule has 0 aliphatic heterocycles. The van der Waals surface area contributed by atoms with Crippen LogP contribution >= 0.6 is 34.0 Å². The van der Waals surface area contributed by atoms with Crippen LogP contribution in [0.3, 0.4) is 0 Å². The predicted octanol–water partition coefficient (Wildman–Crippen LogP) is 4.17. The van der Waals surface area contributed by atoms with Crippen LogP contribution in [-0.2, 0) is 0 Å². The van der Waals surface area contributed by atoms with Crippen molar-refractivity contribution in [2.24, 2.45) is 0 Å². The van der Waals surface area contributed by atoms with E-state index in [0.717, 1.165) is 0 Å². The summed E-state index contributed by atoms with van der Waals surface area (Å²) in [6.07, 6.45) is 0. The van der Waals surface area contributed by atoms with Crippen LogP contribution in [0, 0.1) is 0 Å². The first-order chi connectivity index (χ1) is 11.6.